The lowest BCUT2D eigenvalue weighted by molar-refractivity contribution is -0.113. The first-order valence-electron chi connectivity index (χ1n) is 8.21. The topological polar surface area (TPSA) is 68.0 Å². The first kappa shape index (κ1) is 18.9. The van der Waals surface area contributed by atoms with Crippen LogP contribution < -0.4 is 5.32 Å². The molecule has 5 nitrogen and oxygen atoms in total. The van der Waals surface area contributed by atoms with E-state index in [1.165, 1.54) is 17.3 Å². The van der Waals surface area contributed by atoms with Gasteiger partial charge in [0, 0.05) is 9.26 Å². The van der Waals surface area contributed by atoms with Gasteiger partial charge in [0.05, 0.1) is 12.2 Å². The number of hydrogen-bond donors (Lipinski definition) is 1. The minimum Gasteiger partial charge on any atom is -0.416 e. The van der Waals surface area contributed by atoms with Crippen molar-refractivity contribution in [2.24, 2.45) is 0 Å². The van der Waals surface area contributed by atoms with Crippen LogP contribution in [0.3, 0.4) is 0 Å². The van der Waals surface area contributed by atoms with Gasteiger partial charge in [0.2, 0.25) is 11.8 Å². The summed E-state index contributed by atoms with van der Waals surface area (Å²) in [5, 5.41) is 11.3. The highest BCUT2D eigenvalue weighted by molar-refractivity contribution is 14.1. The van der Waals surface area contributed by atoms with E-state index < -0.39 is 0 Å². The van der Waals surface area contributed by atoms with Gasteiger partial charge in [0.15, 0.2) is 0 Å². The second-order valence-corrected chi connectivity index (χ2v) is 7.83. The van der Waals surface area contributed by atoms with E-state index in [2.05, 4.69) is 69.3 Å². The van der Waals surface area contributed by atoms with Crippen molar-refractivity contribution < 1.29 is 9.21 Å². The van der Waals surface area contributed by atoms with Gasteiger partial charge in [-0.3, -0.25) is 4.79 Å². The molecule has 0 atom stereocenters. The Kier molecular flexibility index (Phi) is 6.67. The molecule has 1 aromatic heterocycles. The zero-order chi connectivity index (χ0) is 18.4. The quantitative estimate of drug-likeness (QED) is 0.398. The molecule has 0 radical (unpaired) electrons. The maximum absolute atomic E-state index is 12.0. The molecular weight excluding hydrogens is 461 g/mol. The number of thioether (sulfide) groups is 1. The van der Waals surface area contributed by atoms with Gasteiger partial charge in [0.25, 0.3) is 5.22 Å². The Morgan fingerprint density at radius 3 is 2.65 bits per heavy atom. The molecule has 0 aliphatic heterocycles. The monoisotopic (exact) mass is 479 g/mol. The Morgan fingerprint density at radius 2 is 1.92 bits per heavy atom. The van der Waals surface area contributed by atoms with Gasteiger partial charge >= 0.3 is 0 Å². The van der Waals surface area contributed by atoms with Crippen molar-refractivity contribution in [1.82, 2.24) is 10.2 Å². The largest absolute Gasteiger partial charge is 0.416 e. The molecule has 1 heterocycles. The Bertz CT molecular complexity index is 881. The molecule has 0 aliphatic rings. The molecule has 134 valence electrons. The number of anilines is 1. The highest BCUT2D eigenvalue weighted by atomic mass is 127. The highest BCUT2D eigenvalue weighted by Gasteiger charge is 2.10. The third-order valence-corrected chi connectivity index (χ3v) is 5.16. The number of aryl methyl sites for hydroxylation is 1. The van der Waals surface area contributed by atoms with Gasteiger partial charge in [-0.2, -0.15) is 0 Å². The molecular formula is C19H18IN3O2S. The van der Waals surface area contributed by atoms with E-state index in [0.29, 0.717) is 17.5 Å². The van der Waals surface area contributed by atoms with Crippen molar-refractivity contribution in [2.45, 2.75) is 25.0 Å². The van der Waals surface area contributed by atoms with Gasteiger partial charge in [-0.1, -0.05) is 49.0 Å². The maximum atomic E-state index is 12.0. The van der Waals surface area contributed by atoms with Crippen molar-refractivity contribution in [3.8, 4) is 0 Å². The molecule has 0 unspecified atom stereocenters. The number of amides is 1. The molecule has 26 heavy (non-hydrogen) atoms. The zero-order valence-corrected chi connectivity index (χ0v) is 17.2. The smallest absolute Gasteiger partial charge is 0.277 e. The summed E-state index contributed by atoms with van der Waals surface area (Å²) in [7, 11) is 0. The lowest BCUT2D eigenvalue weighted by Crippen LogP contribution is -2.14. The standard InChI is InChI=1S/C19H18IN3O2S/c1-2-13-6-8-14(9-7-13)10-18-22-23-19(25-18)26-12-17(24)21-16-5-3-4-15(20)11-16/h3-9,11H,2,10,12H2,1H3,(H,21,24). The first-order valence-corrected chi connectivity index (χ1v) is 10.3. The van der Waals surface area contributed by atoms with Crippen molar-refractivity contribution in [3.63, 3.8) is 0 Å². The Labute approximate surface area is 170 Å². The molecule has 0 bridgehead atoms. The maximum Gasteiger partial charge on any atom is 0.277 e. The number of hydrogen-bond acceptors (Lipinski definition) is 5. The van der Waals surface area contributed by atoms with Crippen LogP contribution in [0.5, 0.6) is 0 Å². The van der Waals surface area contributed by atoms with Gasteiger partial charge in [-0.05, 0) is 58.3 Å². The van der Waals surface area contributed by atoms with E-state index in [0.717, 1.165) is 21.2 Å². The van der Waals surface area contributed by atoms with Crippen LogP contribution in [0.1, 0.15) is 23.9 Å². The molecule has 3 rings (SSSR count). The average molecular weight is 479 g/mol. The molecule has 0 aliphatic carbocycles. The number of halogens is 1. The Hall–Kier alpha value is -1.87. The van der Waals surface area contributed by atoms with E-state index in [4.69, 9.17) is 4.42 Å². The lowest BCUT2D eigenvalue weighted by Gasteiger charge is -2.04. The second kappa shape index (κ2) is 9.18. The number of aromatic nitrogens is 2. The van der Waals surface area contributed by atoms with Gasteiger partial charge in [0.1, 0.15) is 0 Å². The van der Waals surface area contributed by atoms with E-state index in [9.17, 15) is 4.79 Å². The number of benzene rings is 2. The summed E-state index contributed by atoms with van der Waals surface area (Å²) >= 11 is 3.44. The predicted octanol–water partition coefficient (Wildman–Crippen LogP) is 4.56. The summed E-state index contributed by atoms with van der Waals surface area (Å²) in [6.07, 6.45) is 1.61. The number of carbonyl (C=O) groups excluding carboxylic acids is 1. The molecule has 7 heteroatoms. The normalized spacial score (nSPS) is 10.7. The average Bonchev–Trinajstić information content (AvgIpc) is 3.08. The molecule has 3 aromatic rings. The number of carbonyl (C=O) groups is 1. The van der Waals surface area contributed by atoms with E-state index >= 15 is 0 Å². The summed E-state index contributed by atoms with van der Waals surface area (Å²) in [5.74, 6) is 0.667. The van der Waals surface area contributed by atoms with Crippen LogP contribution in [0.15, 0.2) is 58.2 Å². The highest BCUT2D eigenvalue weighted by Crippen LogP contribution is 2.19. The van der Waals surface area contributed by atoms with Gasteiger partial charge < -0.3 is 9.73 Å². The predicted molar refractivity (Wildman–Crippen MR) is 111 cm³/mol. The van der Waals surface area contributed by atoms with E-state index in [1.54, 1.807) is 0 Å². The lowest BCUT2D eigenvalue weighted by atomic mass is 10.1. The molecule has 0 fully saturated rings. The molecule has 0 saturated carbocycles. The van der Waals surface area contributed by atoms with Crippen LogP contribution in [-0.4, -0.2) is 21.9 Å². The summed E-state index contributed by atoms with van der Waals surface area (Å²) < 4.78 is 6.69. The minimum atomic E-state index is -0.105. The summed E-state index contributed by atoms with van der Waals surface area (Å²) in [6.45, 7) is 2.13. The molecule has 0 saturated heterocycles. The van der Waals surface area contributed by atoms with Gasteiger partial charge in [-0.15, -0.1) is 10.2 Å². The summed E-state index contributed by atoms with van der Waals surface area (Å²) in [6, 6.07) is 16.0. The van der Waals surface area contributed by atoms with E-state index in [1.807, 2.05) is 24.3 Å². The Balaban J connectivity index is 1.50. The number of nitrogens with zero attached hydrogens (tertiary/aromatic N) is 2. The van der Waals surface area contributed by atoms with Crippen molar-refractivity contribution in [1.29, 1.82) is 0 Å². The third-order valence-electron chi connectivity index (χ3n) is 3.67. The van der Waals surface area contributed by atoms with Crippen LogP contribution in [0.2, 0.25) is 0 Å². The fourth-order valence-corrected chi connectivity index (χ4v) is 3.45. The van der Waals surface area contributed by atoms with Crippen molar-refractivity contribution >= 4 is 45.9 Å². The van der Waals surface area contributed by atoms with Crippen LogP contribution in [0, 0.1) is 3.57 Å². The fourth-order valence-electron chi connectivity index (χ4n) is 2.33. The van der Waals surface area contributed by atoms with Gasteiger partial charge in [-0.25, -0.2) is 0 Å². The second-order valence-electron chi connectivity index (χ2n) is 5.66. The van der Waals surface area contributed by atoms with Crippen molar-refractivity contribution in [2.75, 3.05) is 11.1 Å². The SMILES string of the molecule is CCc1ccc(Cc2nnc(SCC(=O)Nc3cccc(I)c3)o2)cc1. The van der Waals surface area contributed by atoms with Crippen LogP contribution in [0.4, 0.5) is 5.69 Å². The molecule has 2 aromatic carbocycles. The third kappa shape index (κ3) is 5.57. The van der Waals surface area contributed by atoms with Crippen LogP contribution in [-0.2, 0) is 17.6 Å². The summed E-state index contributed by atoms with van der Waals surface area (Å²) in [5.41, 5.74) is 3.21. The van der Waals surface area contributed by atoms with E-state index in [-0.39, 0.29) is 11.7 Å². The molecule has 0 spiro atoms. The first-order chi connectivity index (χ1) is 12.6. The zero-order valence-electron chi connectivity index (χ0n) is 14.2. The van der Waals surface area contributed by atoms with Crippen LogP contribution in [0.25, 0.3) is 0 Å². The fraction of sp³-hybridized carbons (Fsp3) is 0.211. The van der Waals surface area contributed by atoms with Crippen LogP contribution >= 0.6 is 34.4 Å². The Morgan fingerprint density at radius 1 is 1.15 bits per heavy atom. The minimum absolute atomic E-state index is 0.105. The molecule has 1 amide bonds. The number of nitrogens with one attached hydrogen (secondary N) is 1. The summed E-state index contributed by atoms with van der Waals surface area (Å²) in [4.78, 5) is 12.0. The van der Waals surface area contributed by atoms with Crippen molar-refractivity contribution in [3.05, 3.63) is 69.1 Å². The molecule has 1 N–H and O–H groups in total. The number of rotatable bonds is 7.